The number of hydrogen-bond acceptors (Lipinski definition) is 6. The maximum atomic E-state index is 14.1. The van der Waals surface area contributed by atoms with Gasteiger partial charge in [0.2, 0.25) is 11.8 Å². The smallest absolute Gasteiger partial charge is 0.243 e. The van der Waals surface area contributed by atoms with E-state index in [4.69, 9.17) is 9.47 Å². The Bertz CT molecular complexity index is 1330. The van der Waals surface area contributed by atoms with Crippen LogP contribution in [0.2, 0.25) is 0 Å². The molecule has 2 amide bonds. The number of amides is 2. The number of carbonyl (C=O) groups is 2. The number of unbranched alkanes of at least 4 members (excludes halogenated alkanes) is 1. The molecule has 1 fully saturated rings. The summed E-state index contributed by atoms with van der Waals surface area (Å²) in [6.07, 6.45) is 6.79. The molecule has 8 nitrogen and oxygen atoms in total. The molecule has 2 aliphatic heterocycles. The average molecular weight is 612 g/mol. The first-order chi connectivity index (χ1) is 21.3. The zero-order chi connectivity index (χ0) is 31.2. The number of aliphatic hydroxyl groups is 1. The van der Waals surface area contributed by atoms with Gasteiger partial charge in [0, 0.05) is 31.1 Å². The number of rotatable bonds is 7. The van der Waals surface area contributed by atoms with Crippen LogP contribution in [0.25, 0.3) is 0 Å². The Morgan fingerprint density at radius 3 is 2.64 bits per heavy atom. The molecule has 6 atom stereocenters. The van der Waals surface area contributed by atoms with Gasteiger partial charge in [-0.1, -0.05) is 38.0 Å². The SMILES string of the molecule is CCCC[C@H]1CCN(C2CC=CCO[C@@H]3C[C@H](NC[C@@H](O)[C@H](Cc4cc(F)cc(F)c4)NC2=O)c2cc(OC)ccc23)C1=O. The van der Waals surface area contributed by atoms with Crippen molar-refractivity contribution in [3.8, 4) is 5.75 Å². The molecule has 1 aliphatic carbocycles. The van der Waals surface area contributed by atoms with Gasteiger partial charge in [-0.2, -0.15) is 0 Å². The Hall–Kier alpha value is -3.34. The van der Waals surface area contributed by atoms with Gasteiger partial charge in [-0.25, -0.2) is 8.78 Å². The van der Waals surface area contributed by atoms with Crippen LogP contribution in [0, 0.1) is 17.6 Å². The van der Waals surface area contributed by atoms with Gasteiger partial charge in [-0.05, 0) is 73.1 Å². The third-order valence-electron chi connectivity index (χ3n) is 9.06. The van der Waals surface area contributed by atoms with Crippen molar-refractivity contribution < 1.29 is 33.0 Å². The van der Waals surface area contributed by atoms with Gasteiger partial charge in [0.25, 0.3) is 0 Å². The summed E-state index contributed by atoms with van der Waals surface area (Å²) in [6.45, 7) is 3.00. The van der Waals surface area contributed by atoms with Crippen LogP contribution < -0.4 is 15.4 Å². The van der Waals surface area contributed by atoms with Crippen LogP contribution in [0.1, 0.15) is 74.3 Å². The molecule has 0 spiro atoms. The van der Waals surface area contributed by atoms with E-state index in [-0.39, 0.29) is 43.4 Å². The monoisotopic (exact) mass is 611 g/mol. The van der Waals surface area contributed by atoms with Gasteiger partial charge in [0.05, 0.1) is 32.0 Å². The summed E-state index contributed by atoms with van der Waals surface area (Å²) in [5.41, 5.74) is 2.36. The molecule has 44 heavy (non-hydrogen) atoms. The Morgan fingerprint density at radius 2 is 1.89 bits per heavy atom. The molecule has 0 aromatic heterocycles. The molecular weight excluding hydrogens is 568 g/mol. The van der Waals surface area contributed by atoms with Crippen LogP contribution >= 0.6 is 0 Å². The number of fused-ring (bicyclic) bond motifs is 5. The molecule has 238 valence electrons. The Labute approximate surface area is 257 Å². The van der Waals surface area contributed by atoms with Crippen LogP contribution in [0.5, 0.6) is 5.75 Å². The third-order valence-corrected chi connectivity index (χ3v) is 9.06. The highest BCUT2D eigenvalue weighted by Gasteiger charge is 2.39. The summed E-state index contributed by atoms with van der Waals surface area (Å²) in [4.78, 5) is 28.9. The average Bonchev–Trinajstić information content (AvgIpc) is 3.53. The first kappa shape index (κ1) is 32.1. The van der Waals surface area contributed by atoms with Crippen LogP contribution in [0.15, 0.2) is 48.6 Å². The van der Waals surface area contributed by atoms with Crippen molar-refractivity contribution in [1.29, 1.82) is 0 Å². The van der Waals surface area contributed by atoms with Crippen LogP contribution in [-0.4, -0.2) is 66.8 Å². The number of aliphatic hydroxyl groups excluding tert-OH is 1. The second-order valence-electron chi connectivity index (χ2n) is 12.1. The third kappa shape index (κ3) is 7.47. The van der Waals surface area contributed by atoms with Crippen LogP contribution in [-0.2, 0) is 20.7 Å². The summed E-state index contributed by atoms with van der Waals surface area (Å²) in [5, 5.41) is 17.8. The van der Waals surface area contributed by atoms with Crippen LogP contribution in [0.4, 0.5) is 8.78 Å². The van der Waals surface area contributed by atoms with Crippen molar-refractivity contribution in [2.45, 2.75) is 82.2 Å². The Balaban J connectivity index is 1.43. The maximum absolute atomic E-state index is 14.1. The standard InChI is InChI=1S/C34H43F2N3O5/c1-3-4-7-22-11-12-39(34(22)42)30-8-5-6-13-44-32-19-28(27-18-25(43-2)9-10-26(27)32)37-20-31(40)29(38-33(30)41)16-21-14-23(35)17-24(36)15-21/h5-6,9-10,14-15,17-18,22,28-32,37,40H,3-4,7-8,11-13,16,19-20H2,1-2H3,(H,38,41)/t22-,28-,29-,30?,31+,32+/m0/s1. The van der Waals surface area contributed by atoms with Gasteiger partial charge in [-0.3, -0.25) is 9.59 Å². The molecule has 0 radical (unpaired) electrons. The fourth-order valence-corrected chi connectivity index (χ4v) is 6.68. The molecule has 1 saturated heterocycles. The molecule has 3 N–H and O–H groups in total. The van der Waals surface area contributed by atoms with E-state index in [0.29, 0.717) is 37.3 Å². The van der Waals surface area contributed by atoms with Gasteiger partial charge in [0.1, 0.15) is 23.4 Å². The summed E-state index contributed by atoms with van der Waals surface area (Å²) in [6, 6.07) is 7.24. The number of halogens is 2. The van der Waals surface area contributed by atoms with E-state index in [1.54, 1.807) is 12.0 Å². The minimum Gasteiger partial charge on any atom is -0.497 e. The highest BCUT2D eigenvalue weighted by Crippen LogP contribution is 2.42. The zero-order valence-corrected chi connectivity index (χ0v) is 25.4. The molecule has 2 aromatic carbocycles. The van der Waals surface area contributed by atoms with Gasteiger partial charge in [-0.15, -0.1) is 0 Å². The maximum Gasteiger partial charge on any atom is 0.243 e. The van der Waals surface area contributed by atoms with Gasteiger partial charge < -0.3 is 30.1 Å². The van der Waals surface area contributed by atoms with E-state index in [0.717, 1.165) is 36.5 Å². The zero-order valence-electron chi connectivity index (χ0n) is 25.4. The van der Waals surface area contributed by atoms with E-state index in [1.807, 2.05) is 30.4 Å². The number of likely N-dealkylation sites (tertiary alicyclic amines) is 1. The fraction of sp³-hybridized carbons (Fsp3) is 0.529. The molecule has 2 heterocycles. The van der Waals surface area contributed by atoms with Crippen molar-refractivity contribution >= 4 is 11.8 Å². The van der Waals surface area contributed by atoms with E-state index in [2.05, 4.69) is 17.6 Å². The quantitative estimate of drug-likeness (QED) is 0.399. The number of hydrogen-bond donors (Lipinski definition) is 3. The molecular formula is C34H43F2N3O5. The lowest BCUT2D eigenvalue weighted by molar-refractivity contribution is -0.140. The minimum absolute atomic E-state index is 0.000288. The van der Waals surface area contributed by atoms with Crippen LogP contribution in [0.3, 0.4) is 0 Å². The lowest BCUT2D eigenvalue weighted by atomic mass is 9.99. The topological polar surface area (TPSA) is 100 Å². The number of β-amino-alcohol motifs (C(OH)–C–C–N with tert-alkyl or cyclic N) is 1. The van der Waals surface area contributed by atoms with Crippen molar-refractivity contribution in [2.24, 2.45) is 5.92 Å². The number of nitrogens with zero attached hydrogens (tertiary/aromatic N) is 1. The Kier molecular flexibility index (Phi) is 10.7. The lowest BCUT2D eigenvalue weighted by Crippen LogP contribution is -2.55. The van der Waals surface area contributed by atoms with E-state index < -0.39 is 35.7 Å². The van der Waals surface area contributed by atoms with Crippen molar-refractivity contribution in [3.05, 3.63) is 76.9 Å². The second-order valence-corrected chi connectivity index (χ2v) is 12.1. The number of nitrogens with one attached hydrogen (secondary N) is 2. The number of methoxy groups -OCH3 is 1. The molecule has 0 saturated carbocycles. The normalized spacial score (nSPS) is 27.9. The molecule has 3 aliphatic rings. The minimum atomic E-state index is -1.10. The molecule has 2 aromatic rings. The first-order valence-corrected chi connectivity index (χ1v) is 15.7. The van der Waals surface area contributed by atoms with E-state index in [1.165, 1.54) is 12.1 Å². The van der Waals surface area contributed by atoms with Crippen molar-refractivity contribution in [2.75, 3.05) is 26.8 Å². The highest BCUT2D eigenvalue weighted by atomic mass is 19.1. The highest BCUT2D eigenvalue weighted by molar-refractivity contribution is 5.90. The molecule has 10 heteroatoms. The number of benzene rings is 2. The number of carbonyl (C=O) groups excluding carboxylic acids is 2. The van der Waals surface area contributed by atoms with Crippen molar-refractivity contribution in [1.82, 2.24) is 15.5 Å². The van der Waals surface area contributed by atoms with Gasteiger partial charge >= 0.3 is 0 Å². The summed E-state index contributed by atoms with van der Waals surface area (Å²) in [5.74, 6) is -1.31. The fourth-order valence-electron chi connectivity index (χ4n) is 6.68. The van der Waals surface area contributed by atoms with E-state index in [9.17, 15) is 23.5 Å². The van der Waals surface area contributed by atoms with E-state index >= 15 is 0 Å². The largest absolute Gasteiger partial charge is 0.497 e. The lowest BCUT2D eigenvalue weighted by Gasteiger charge is -2.31. The predicted octanol–water partition coefficient (Wildman–Crippen LogP) is 4.52. The Morgan fingerprint density at radius 1 is 1.09 bits per heavy atom. The predicted molar refractivity (Wildman–Crippen MR) is 162 cm³/mol. The number of ether oxygens (including phenoxy) is 2. The van der Waals surface area contributed by atoms with Gasteiger partial charge in [0.15, 0.2) is 0 Å². The molecule has 5 rings (SSSR count). The summed E-state index contributed by atoms with van der Waals surface area (Å²) < 4.78 is 39.9. The summed E-state index contributed by atoms with van der Waals surface area (Å²) in [7, 11) is 1.61. The summed E-state index contributed by atoms with van der Waals surface area (Å²) >= 11 is 0. The first-order valence-electron chi connectivity index (χ1n) is 15.7. The second kappa shape index (κ2) is 14.6. The van der Waals surface area contributed by atoms with Crippen molar-refractivity contribution in [3.63, 3.8) is 0 Å². The molecule has 1 unspecified atom stereocenters. The molecule has 2 bridgehead atoms.